The molecule has 0 fully saturated rings. The maximum atomic E-state index is 13.4. The lowest BCUT2D eigenvalue weighted by molar-refractivity contribution is -0.274. The van der Waals surface area contributed by atoms with Crippen molar-refractivity contribution in [3.63, 3.8) is 0 Å². The van der Waals surface area contributed by atoms with Crippen molar-refractivity contribution in [2.24, 2.45) is 7.05 Å². The van der Waals surface area contributed by atoms with Crippen LogP contribution in [0.1, 0.15) is 5.56 Å². The number of imidazole rings is 1. The fourth-order valence-electron chi connectivity index (χ4n) is 3.62. The number of hydrogen-bond acceptors (Lipinski definition) is 7. The van der Waals surface area contributed by atoms with Crippen LogP contribution in [-0.2, 0) is 20.1 Å². The van der Waals surface area contributed by atoms with Gasteiger partial charge in [-0.2, -0.15) is 4.98 Å². The van der Waals surface area contributed by atoms with E-state index in [1.54, 1.807) is 24.3 Å². The van der Waals surface area contributed by atoms with Crippen molar-refractivity contribution >= 4 is 22.8 Å². The van der Waals surface area contributed by atoms with Crippen molar-refractivity contribution in [1.29, 1.82) is 0 Å². The normalized spacial score (nSPS) is 12.6. The number of aromatic nitrogens is 4. The van der Waals surface area contributed by atoms with Crippen molar-refractivity contribution in [3.05, 3.63) is 80.0 Å². The van der Waals surface area contributed by atoms with Gasteiger partial charge in [-0.05, 0) is 29.8 Å². The summed E-state index contributed by atoms with van der Waals surface area (Å²) in [4.78, 5) is 30.5. The van der Waals surface area contributed by atoms with Crippen LogP contribution in [0.4, 0.5) is 13.2 Å². The monoisotopic (exact) mass is 540 g/mol. The minimum Gasteiger partial charge on any atom is -0.425 e. The summed E-state index contributed by atoms with van der Waals surface area (Å²) < 4.78 is 50.8. The molecule has 2 heterocycles. The summed E-state index contributed by atoms with van der Waals surface area (Å²) in [6.07, 6.45) is -6.29. The number of aliphatic hydroxyl groups is 2. The van der Waals surface area contributed by atoms with Crippen molar-refractivity contribution in [2.75, 3.05) is 6.61 Å². The summed E-state index contributed by atoms with van der Waals surface area (Å²) in [7, 11) is 1.35. The molecule has 0 spiro atoms. The van der Waals surface area contributed by atoms with Gasteiger partial charge in [0.2, 0.25) is 0 Å². The van der Waals surface area contributed by atoms with Crippen LogP contribution in [-0.4, -0.2) is 48.0 Å². The topological polar surface area (TPSA) is 121 Å². The van der Waals surface area contributed by atoms with Gasteiger partial charge in [-0.25, -0.2) is 4.79 Å². The first-order valence-electron chi connectivity index (χ1n) is 10.7. The third-order valence-electron chi connectivity index (χ3n) is 5.30. The molecule has 0 aliphatic rings. The van der Waals surface area contributed by atoms with Crippen molar-refractivity contribution < 1.29 is 32.9 Å². The zero-order valence-electron chi connectivity index (χ0n) is 19.1. The number of fused-ring (bicyclic) bond motifs is 1. The van der Waals surface area contributed by atoms with Crippen LogP contribution >= 0.6 is 11.6 Å². The molecule has 0 bridgehead atoms. The van der Waals surface area contributed by atoms with Crippen LogP contribution in [0.2, 0.25) is 5.02 Å². The van der Waals surface area contributed by atoms with E-state index in [0.29, 0.717) is 10.6 Å². The summed E-state index contributed by atoms with van der Waals surface area (Å²) in [5, 5.41) is 19.5. The summed E-state index contributed by atoms with van der Waals surface area (Å²) >= 11 is 5.96. The van der Waals surface area contributed by atoms with Gasteiger partial charge in [0, 0.05) is 18.1 Å². The van der Waals surface area contributed by atoms with Gasteiger partial charge in [-0.3, -0.25) is 18.5 Å². The van der Waals surface area contributed by atoms with Gasteiger partial charge in [0.1, 0.15) is 11.5 Å². The molecule has 0 aliphatic heterocycles. The minimum atomic E-state index is -4.91. The number of aliphatic hydroxyl groups excluding tert-OH is 2. The Morgan fingerprint density at radius 3 is 2.41 bits per heavy atom. The lowest BCUT2D eigenvalue weighted by atomic mass is 10.2. The van der Waals surface area contributed by atoms with E-state index in [2.05, 4.69) is 9.72 Å². The minimum absolute atomic E-state index is 0.0116. The maximum absolute atomic E-state index is 13.4. The number of hydrogen-bond donors (Lipinski definition) is 2. The molecule has 0 radical (unpaired) electrons. The molecule has 4 rings (SSSR count). The predicted molar refractivity (Wildman–Crippen MR) is 126 cm³/mol. The molecule has 196 valence electrons. The number of aryl methyl sites for hydroxylation is 1. The van der Waals surface area contributed by atoms with Gasteiger partial charge >= 0.3 is 18.1 Å². The molecule has 0 saturated heterocycles. The number of nitrogens with zero attached hydrogens (tertiary/aromatic N) is 4. The van der Waals surface area contributed by atoms with Crippen LogP contribution < -0.4 is 20.7 Å². The van der Waals surface area contributed by atoms with E-state index in [9.17, 15) is 33.0 Å². The zero-order chi connectivity index (χ0) is 26.9. The number of halogens is 4. The van der Waals surface area contributed by atoms with Crippen LogP contribution in [0.3, 0.4) is 0 Å². The second kappa shape index (κ2) is 10.3. The Kier molecular flexibility index (Phi) is 7.30. The predicted octanol–water partition coefficient (Wildman–Crippen LogP) is 2.64. The van der Waals surface area contributed by atoms with Gasteiger partial charge in [0.25, 0.3) is 5.56 Å². The first-order valence-corrected chi connectivity index (χ1v) is 11.1. The molecular formula is C23H20ClF3N4O6. The molecule has 2 N–H and O–H groups in total. The highest BCUT2D eigenvalue weighted by molar-refractivity contribution is 6.30. The Labute approximate surface area is 211 Å². The Balaban J connectivity index is 1.88. The van der Waals surface area contributed by atoms with Gasteiger partial charge in [0.05, 0.1) is 25.8 Å². The molecule has 37 heavy (non-hydrogen) atoms. The third kappa shape index (κ3) is 5.79. The van der Waals surface area contributed by atoms with E-state index in [-0.39, 0.29) is 29.5 Å². The summed E-state index contributed by atoms with van der Waals surface area (Å²) in [5.41, 5.74) is -1.07. The number of benzene rings is 2. The molecule has 14 heteroatoms. The summed E-state index contributed by atoms with van der Waals surface area (Å²) in [5.74, 6) is -0.603. The van der Waals surface area contributed by atoms with Crippen molar-refractivity contribution in [3.8, 4) is 17.5 Å². The molecule has 0 amide bonds. The standard InChI is InChI=1S/C23H20ClF3N4O6/c1-29-19-18(20(34)31(22(29)35)11-15(33)12-32)30(10-13-5-7-14(24)8-6-13)21(28-19)36-16-3-2-4-17(9-16)37-23(25,26)27/h2-9,15,32-33H,10-12H2,1H3. The second-order valence-corrected chi connectivity index (χ2v) is 8.43. The Morgan fingerprint density at radius 2 is 1.76 bits per heavy atom. The molecule has 0 saturated carbocycles. The van der Waals surface area contributed by atoms with Gasteiger partial charge in [-0.15, -0.1) is 13.2 Å². The molecule has 10 nitrogen and oxygen atoms in total. The van der Waals surface area contributed by atoms with E-state index in [1.807, 2.05) is 0 Å². The van der Waals surface area contributed by atoms with E-state index in [4.69, 9.17) is 16.3 Å². The average Bonchev–Trinajstić information content (AvgIpc) is 3.18. The largest absolute Gasteiger partial charge is 0.573 e. The molecule has 1 atom stereocenters. The molecular weight excluding hydrogens is 521 g/mol. The quantitative estimate of drug-likeness (QED) is 0.352. The van der Waals surface area contributed by atoms with E-state index >= 15 is 0 Å². The second-order valence-electron chi connectivity index (χ2n) is 8.00. The van der Waals surface area contributed by atoms with E-state index in [1.165, 1.54) is 23.7 Å². The SMILES string of the molecule is Cn1c(=O)n(CC(O)CO)c(=O)c2c1nc(Oc1cccc(OC(F)(F)F)c1)n2Cc1ccc(Cl)cc1. The number of rotatable bonds is 8. The number of ether oxygens (including phenoxy) is 2. The third-order valence-corrected chi connectivity index (χ3v) is 5.56. The lowest BCUT2D eigenvalue weighted by Gasteiger charge is -2.13. The smallest absolute Gasteiger partial charge is 0.425 e. The number of alkyl halides is 3. The maximum Gasteiger partial charge on any atom is 0.573 e. The van der Waals surface area contributed by atoms with Crippen LogP contribution in [0.25, 0.3) is 11.2 Å². The highest BCUT2D eigenvalue weighted by Gasteiger charge is 2.31. The zero-order valence-corrected chi connectivity index (χ0v) is 19.9. The average molecular weight is 541 g/mol. The van der Waals surface area contributed by atoms with Crippen molar-refractivity contribution in [1.82, 2.24) is 18.7 Å². The van der Waals surface area contributed by atoms with Crippen LogP contribution in [0.5, 0.6) is 17.5 Å². The fraction of sp³-hybridized carbons (Fsp3) is 0.261. The highest BCUT2D eigenvalue weighted by atomic mass is 35.5. The lowest BCUT2D eigenvalue weighted by Crippen LogP contribution is -2.42. The summed E-state index contributed by atoms with van der Waals surface area (Å²) in [6.45, 7) is -1.14. The Hall–Kier alpha value is -3.81. The van der Waals surface area contributed by atoms with Gasteiger partial charge in [-0.1, -0.05) is 29.8 Å². The summed E-state index contributed by atoms with van der Waals surface area (Å²) in [6, 6.07) is 11.2. The van der Waals surface area contributed by atoms with Crippen molar-refractivity contribution in [2.45, 2.75) is 25.6 Å². The van der Waals surface area contributed by atoms with E-state index < -0.39 is 42.6 Å². The highest BCUT2D eigenvalue weighted by Crippen LogP contribution is 2.30. The molecule has 0 aliphatic carbocycles. The Bertz CT molecular complexity index is 1550. The van der Waals surface area contributed by atoms with Crippen LogP contribution in [0, 0.1) is 0 Å². The molecule has 2 aromatic heterocycles. The Morgan fingerprint density at radius 1 is 1.08 bits per heavy atom. The van der Waals surface area contributed by atoms with Gasteiger partial charge in [0.15, 0.2) is 11.2 Å². The molecule has 4 aromatic rings. The fourth-order valence-corrected chi connectivity index (χ4v) is 3.74. The molecule has 1 unspecified atom stereocenters. The van der Waals surface area contributed by atoms with Gasteiger partial charge < -0.3 is 19.7 Å². The van der Waals surface area contributed by atoms with E-state index in [0.717, 1.165) is 21.3 Å². The first kappa shape index (κ1) is 26.3. The van der Waals surface area contributed by atoms with Crippen LogP contribution in [0.15, 0.2) is 58.1 Å². The molecule has 2 aromatic carbocycles. The first-order chi connectivity index (χ1) is 17.5.